The molecule has 0 bridgehead atoms. The second-order valence-electron chi connectivity index (χ2n) is 5.43. The van der Waals surface area contributed by atoms with Crippen LogP contribution in [0.25, 0.3) is 0 Å². The zero-order valence-corrected chi connectivity index (χ0v) is 16.0. The van der Waals surface area contributed by atoms with Crippen LogP contribution in [0.2, 0.25) is 15.2 Å². The lowest BCUT2D eigenvalue weighted by atomic mass is 10.2. The van der Waals surface area contributed by atoms with E-state index < -0.39 is 34.4 Å². The molecule has 1 aliphatic rings. The van der Waals surface area contributed by atoms with Crippen molar-refractivity contribution in [3.8, 4) is 0 Å². The first-order valence-electron chi connectivity index (χ1n) is 6.96. The molecular formula is C13H14Cl3N3O5S. The van der Waals surface area contributed by atoms with Crippen molar-refractivity contribution in [2.75, 3.05) is 30.9 Å². The summed E-state index contributed by atoms with van der Waals surface area (Å²) in [5.74, 6) is -1.65. The number of ether oxygens (including phenoxy) is 1. The zero-order valence-electron chi connectivity index (χ0n) is 13.0. The van der Waals surface area contributed by atoms with Gasteiger partial charge >= 0.3 is 5.97 Å². The minimum atomic E-state index is -3.14. The minimum Gasteiger partial charge on any atom is -0.451 e. The summed E-state index contributed by atoms with van der Waals surface area (Å²) in [5, 5.41) is -0.557. The van der Waals surface area contributed by atoms with Gasteiger partial charge in [-0.2, -0.15) is 0 Å². The summed E-state index contributed by atoms with van der Waals surface area (Å²) < 4.78 is 27.8. The smallest absolute Gasteiger partial charge is 0.359 e. The molecule has 2 N–H and O–H groups in total. The number of esters is 1. The van der Waals surface area contributed by atoms with Gasteiger partial charge in [-0.05, 0) is 6.42 Å². The summed E-state index contributed by atoms with van der Waals surface area (Å²) in [6.07, 6.45) is 0.342. The minimum absolute atomic E-state index is 0.0250. The Morgan fingerprint density at radius 2 is 1.96 bits per heavy atom. The number of sulfone groups is 1. The Morgan fingerprint density at radius 3 is 2.52 bits per heavy atom. The monoisotopic (exact) mass is 429 g/mol. The predicted octanol–water partition coefficient (Wildman–Crippen LogP) is 1.43. The van der Waals surface area contributed by atoms with Crippen LogP contribution >= 0.6 is 34.8 Å². The molecule has 1 aromatic rings. The van der Waals surface area contributed by atoms with Crippen LogP contribution in [0.4, 0.5) is 5.69 Å². The van der Waals surface area contributed by atoms with Gasteiger partial charge in [0.15, 0.2) is 27.3 Å². The molecule has 0 aliphatic carbocycles. The van der Waals surface area contributed by atoms with Gasteiger partial charge in [-0.15, -0.1) is 0 Å². The van der Waals surface area contributed by atoms with E-state index in [9.17, 15) is 18.0 Å². The van der Waals surface area contributed by atoms with Crippen LogP contribution in [-0.4, -0.2) is 61.4 Å². The fraction of sp³-hybridized carbons (Fsp3) is 0.462. The molecule has 1 saturated heterocycles. The van der Waals surface area contributed by atoms with E-state index in [4.69, 9.17) is 45.3 Å². The molecule has 0 aromatic carbocycles. The average molecular weight is 431 g/mol. The van der Waals surface area contributed by atoms with Gasteiger partial charge in [-0.25, -0.2) is 18.2 Å². The summed E-state index contributed by atoms with van der Waals surface area (Å²) in [5.41, 5.74) is 5.11. The number of hydrogen-bond acceptors (Lipinski definition) is 7. The molecule has 1 aromatic heterocycles. The highest BCUT2D eigenvalue weighted by molar-refractivity contribution is 7.91. The molecule has 138 valence electrons. The van der Waals surface area contributed by atoms with Crippen molar-refractivity contribution in [3.63, 3.8) is 0 Å². The number of nitrogens with two attached hydrogens (primary N) is 1. The van der Waals surface area contributed by atoms with Gasteiger partial charge in [0.25, 0.3) is 5.91 Å². The summed E-state index contributed by atoms with van der Waals surface area (Å²) in [4.78, 5) is 29.1. The predicted molar refractivity (Wildman–Crippen MR) is 93.8 cm³/mol. The van der Waals surface area contributed by atoms with Crippen molar-refractivity contribution < 1.29 is 22.7 Å². The van der Waals surface area contributed by atoms with Gasteiger partial charge in [0.2, 0.25) is 0 Å². The van der Waals surface area contributed by atoms with Crippen molar-refractivity contribution >= 4 is 62.2 Å². The number of anilines is 1. The van der Waals surface area contributed by atoms with Crippen LogP contribution in [0.15, 0.2) is 0 Å². The van der Waals surface area contributed by atoms with E-state index in [0.29, 0.717) is 6.42 Å². The fourth-order valence-corrected chi connectivity index (χ4v) is 4.61. The molecule has 1 fully saturated rings. The van der Waals surface area contributed by atoms with E-state index in [0.717, 1.165) is 0 Å². The number of hydrogen-bond donors (Lipinski definition) is 1. The van der Waals surface area contributed by atoms with Crippen LogP contribution in [0.5, 0.6) is 0 Å². The second-order valence-corrected chi connectivity index (χ2v) is 8.77. The first-order valence-corrected chi connectivity index (χ1v) is 9.92. The Hall–Kier alpha value is -1.29. The lowest BCUT2D eigenvalue weighted by Crippen LogP contribution is -2.40. The molecule has 0 spiro atoms. The van der Waals surface area contributed by atoms with Crippen molar-refractivity contribution in [3.05, 3.63) is 20.9 Å². The van der Waals surface area contributed by atoms with Gasteiger partial charge in [-0.1, -0.05) is 34.8 Å². The van der Waals surface area contributed by atoms with Crippen LogP contribution in [-0.2, 0) is 19.4 Å². The van der Waals surface area contributed by atoms with Crippen molar-refractivity contribution in [1.82, 2.24) is 9.88 Å². The normalized spacial score (nSPS) is 18.8. The summed E-state index contributed by atoms with van der Waals surface area (Å²) in [7, 11) is -1.69. The maximum atomic E-state index is 12.1. The highest BCUT2D eigenvalue weighted by Crippen LogP contribution is 2.34. The maximum absolute atomic E-state index is 12.1. The molecular weight excluding hydrogens is 417 g/mol. The number of pyridine rings is 1. The van der Waals surface area contributed by atoms with Gasteiger partial charge in [-0.3, -0.25) is 4.79 Å². The SMILES string of the molecule is CN(C(=O)COC(=O)c1nc(Cl)c(Cl)c(N)c1Cl)C1CCS(=O)(=O)C1. The highest BCUT2D eigenvalue weighted by Gasteiger charge is 2.33. The molecule has 0 saturated carbocycles. The number of halogens is 3. The largest absolute Gasteiger partial charge is 0.451 e. The first kappa shape index (κ1) is 20.0. The Labute approximate surface area is 159 Å². The van der Waals surface area contributed by atoms with Gasteiger partial charge in [0.05, 0.1) is 22.2 Å². The van der Waals surface area contributed by atoms with E-state index >= 15 is 0 Å². The fourth-order valence-electron chi connectivity index (χ4n) is 2.25. The number of nitrogens with zero attached hydrogens (tertiary/aromatic N) is 2. The van der Waals surface area contributed by atoms with Gasteiger partial charge in [0.1, 0.15) is 5.02 Å². The molecule has 0 radical (unpaired) electrons. The Bertz CT molecular complexity index is 831. The van der Waals surface area contributed by atoms with Crippen LogP contribution in [0.3, 0.4) is 0 Å². The van der Waals surface area contributed by atoms with Crippen LogP contribution < -0.4 is 5.73 Å². The van der Waals surface area contributed by atoms with E-state index in [1.54, 1.807) is 0 Å². The lowest BCUT2D eigenvalue weighted by molar-refractivity contribution is -0.134. The highest BCUT2D eigenvalue weighted by atomic mass is 35.5. The number of likely N-dealkylation sites (N-methyl/N-ethyl adjacent to an activating group) is 1. The standard InChI is InChI=1S/C13H14Cl3N3O5S/c1-19(6-2-3-25(22,23)5-6)7(20)4-24-13(21)11-8(14)10(17)9(15)12(16)18-11/h6H,2-5H2,1H3,(H2,17,18). The summed E-state index contributed by atoms with van der Waals surface area (Å²) in [6.45, 7) is -0.607. The van der Waals surface area contributed by atoms with E-state index in [2.05, 4.69) is 4.98 Å². The molecule has 8 nitrogen and oxygen atoms in total. The third-order valence-electron chi connectivity index (χ3n) is 3.74. The Kier molecular flexibility index (Phi) is 6.03. The van der Waals surface area contributed by atoms with Crippen molar-refractivity contribution in [2.24, 2.45) is 0 Å². The summed E-state index contributed by atoms with van der Waals surface area (Å²) >= 11 is 17.4. The number of carbonyl (C=O) groups excluding carboxylic acids is 2. The lowest BCUT2D eigenvalue weighted by Gasteiger charge is -2.23. The zero-order chi connectivity index (χ0) is 18.9. The van der Waals surface area contributed by atoms with Gasteiger partial charge < -0.3 is 15.4 Å². The summed E-state index contributed by atoms with van der Waals surface area (Å²) in [6, 6.07) is -0.446. The van der Waals surface area contributed by atoms with Crippen molar-refractivity contribution in [1.29, 1.82) is 0 Å². The molecule has 1 amide bonds. The number of carbonyl (C=O) groups is 2. The first-order chi connectivity index (χ1) is 11.5. The van der Waals surface area contributed by atoms with E-state index in [1.807, 2.05) is 0 Å². The number of aromatic nitrogens is 1. The molecule has 2 rings (SSSR count). The van der Waals surface area contributed by atoms with Crippen LogP contribution in [0.1, 0.15) is 16.9 Å². The van der Waals surface area contributed by atoms with Gasteiger partial charge in [0, 0.05) is 13.1 Å². The number of rotatable bonds is 4. The van der Waals surface area contributed by atoms with Crippen molar-refractivity contribution in [2.45, 2.75) is 12.5 Å². The Balaban J connectivity index is 2.02. The van der Waals surface area contributed by atoms with E-state index in [-0.39, 0.29) is 38.1 Å². The molecule has 1 unspecified atom stereocenters. The number of amides is 1. The Morgan fingerprint density at radius 1 is 1.32 bits per heavy atom. The maximum Gasteiger partial charge on any atom is 0.359 e. The molecule has 12 heteroatoms. The van der Waals surface area contributed by atoms with E-state index in [1.165, 1.54) is 11.9 Å². The quantitative estimate of drug-likeness (QED) is 0.566. The molecule has 1 atom stereocenters. The third-order valence-corrected chi connectivity index (χ3v) is 6.63. The molecule has 25 heavy (non-hydrogen) atoms. The van der Waals surface area contributed by atoms with Crippen LogP contribution in [0, 0.1) is 0 Å². The molecule has 1 aliphatic heterocycles. The number of nitrogen functional groups attached to an aromatic ring is 1. The second kappa shape index (κ2) is 7.53. The third kappa shape index (κ3) is 4.46. The topological polar surface area (TPSA) is 120 Å². The average Bonchev–Trinajstić information content (AvgIpc) is 2.92. The molecule has 2 heterocycles.